The molecule has 0 aliphatic carbocycles. The first kappa shape index (κ1) is 12.4. The highest BCUT2D eigenvalue weighted by atomic mass is 16.7. The summed E-state index contributed by atoms with van der Waals surface area (Å²) in [5, 5.41) is 8.46. The number of allylic oxidation sites excluding steroid dienone is 1. The third-order valence-corrected chi connectivity index (χ3v) is 2.18. The topological polar surface area (TPSA) is 42.2 Å². The molecule has 0 saturated heterocycles. The Hall–Kier alpha value is -1.63. The molecule has 0 radical (unpaired) electrons. The van der Waals surface area contributed by atoms with Gasteiger partial charge in [-0.1, -0.05) is 36.4 Å². The zero-order valence-electron chi connectivity index (χ0n) is 9.51. The lowest BCUT2D eigenvalue weighted by atomic mass is 10.1. The Bertz CT molecular complexity index is 389. The summed E-state index contributed by atoms with van der Waals surface area (Å²) in [4.78, 5) is 0. The number of hydrogen-bond acceptors (Lipinski definition) is 3. The van der Waals surface area contributed by atoms with Gasteiger partial charge in [0.1, 0.15) is 0 Å². The Balaban J connectivity index is 2.95. The van der Waals surface area contributed by atoms with Gasteiger partial charge in [0.05, 0.1) is 12.5 Å². The molecule has 0 amide bonds. The van der Waals surface area contributed by atoms with E-state index in [0.29, 0.717) is 6.42 Å². The summed E-state index contributed by atoms with van der Waals surface area (Å²) in [6.45, 7) is 0. The summed E-state index contributed by atoms with van der Waals surface area (Å²) in [5.41, 5.74) is 1.97. The van der Waals surface area contributed by atoms with Crippen LogP contribution in [-0.4, -0.2) is 14.2 Å². The van der Waals surface area contributed by atoms with E-state index in [1.165, 1.54) is 0 Å². The molecule has 0 fully saturated rings. The Kier molecular flexibility index (Phi) is 5.27. The summed E-state index contributed by atoms with van der Waals surface area (Å²) < 4.78 is 10.4. The minimum atomic E-state index is -0.372. The summed E-state index contributed by atoms with van der Waals surface area (Å²) in [7, 11) is 3.20. The van der Waals surface area contributed by atoms with E-state index in [2.05, 4.69) is 6.07 Å². The molecule has 0 spiro atoms. The van der Waals surface area contributed by atoms with E-state index in [0.717, 1.165) is 11.1 Å². The van der Waals surface area contributed by atoms with E-state index in [4.69, 9.17) is 14.7 Å². The van der Waals surface area contributed by atoms with Gasteiger partial charge in [-0.15, -0.1) is 0 Å². The first-order valence-corrected chi connectivity index (χ1v) is 5.01. The van der Waals surface area contributed by atoms with Crippen molar-refractivity contribution < 1.29 is 9.47 Å². The van der Waals surface area contributed by atoms with Crippen LogP contribution in [-0.2, 0) is 9.47 Å². The fourth-order valence-corrected chi connectivity index (χ4v) is 1.47. The maximum atomic E-state index is 8.46. The van der Waals surface area contributed by atoms with Gasteiger partial charge in [0.2, 0.25) is 0 Å². The lowest BCUT2D eigenvalue weighted by Crippen LogP contribution is -2.05. The first-order chi connectivity index (χ1) is 7.83. The molecule has 1 aromatic carbocycles. The van der Waals surface area contributed by atoms with Gasteiger partial charge >= 0.3 is 0 Å². The molecule has 3 nitrogen and oxygen atoms in total. The lowest BCUT2D eigenvalue weighted by Gasteiger charge is -2.15. The molecule has 3 heteroatoms. The number of hydrogen-bond donors (Lipinski definition) is 0. The van der Waals surface area contributed by atoms with Crippen molar-refractivity contribution in [3.8, 4) is 6.07 Å². The second-order valence-corrected chi connectivity index (χ2v) is 3.20. The van der Waals surface area contributed by atoms with Gasteiger partial charge in [-0.3, -0.25) is 0 Å². The second-order valence-electron chi connectivity index (χ2n) is 3.20. The molecule has 0 aliphatic heterocycles. The molecule has 0 N–H and O–H groups in total. The summed E-state index contributed by atoms with van der Waals surface area (Å²) in [6, 6.07) is 9.85. The summed E-state index contributed by atoms with van der Waals surface area (Å²) >= 11 is 0. The normalized spacial score (nSPS) is 10.9. The van der Waals surface area contributed by atoms with Gasteiger partial charge in [0.15, 0.2) is 6.29 Å². The van der Waals surface area contributed by atoms with Crippen molar-refractivity contribution in [2.45, 2.75) is 12.7 Å². The maximum absolute atomic E-state index is 8.46. The maximum Gasteiger partial charge on any atom is 0.183 e. The van der Waals surface area contributed by atoms with E-state index in [1.807, 2.05) is 36.4 Å². The number of rotatable bonds is 5. The molecule has 0 aliphatic rings. The third kappa shape index (κ3) is 3.20. The molecular weight excluding hydrogens is 202 g/mol. The van der Waals surface area contributed by atoms with E-state index in [-0.39, 0.29) is 6.29 Å². The van der Waals surface area contributed by atoms with Gasteiger partial charge in [-0.05, 0) is 5.56 Å². The van der Waals surface area contributed by atoms with Crippen LogP contribution in [0.4, 0.5) is 0 Å². The molecule has 0 saturated carbocycles. The van der Waals surface area contributed by atoms with Gasteiger partial charge in [0, 0.05) is 19.8 Å². The average Bonchev–Trinajstić information content (AvgIpc) is 2.33. The average molecular weight is 217 g/mol. The third-order valence-electron chi connectivity index (χ3n) is 2.18. The quantitative estimate of drug-likeness (QED) is 0.712. The van der Waals surface area contributed by atoms with E-state index in [1.54, 1.807) is 14.2 Å². The minimum Gasteiger partial charge on any atom is -0.352 e. The smallest absolute Gasteiger partial charge is 0.183 e. The van der Waals surface area contributed by atoms with E-state index < -0.39 is 0 Å². The van der Waals surface area contributed by atoms with Crippen LogP contribution in [0, 0.1) is 11.3 Å². The highest BCUT2D eigenvalue weighted by Gasteiger charge is 2.11. The van der Waals surface area contributed by atoms with Gasteiger partial charge in [0.25, 0.3) is 0 Å². The number of methoxy groups -OCH3 is 2. The molecule has 0 unspecified atom stereocenters. The Morgan fingerprint density at radius 2 is 2.00 bits per heavy atom. The van der Waals surface area contributed by atoms with Crippen LogP contribution in [0.25, 0.3) is 6.08 Å². The van der Waals surface area contributed by atoms with Crippen molar-refractivity contribution in [1.82, 2.24) is 0 Å². The van der Waals surface area contributed by atoms with Crippen molar-refractivity contribution in [2.24, 2.45) is 0 Å². The van der Waals surface area contributed by atoms with Crippen LogP contribution >= 0.6 is 0 Å². The standard InChI is InChI=1S/C13H15NO2/c1-15-13(16-2)12-9-4-3-7-11(12)8-5-6-10-14/h3-5,7-9,13H,6H2,1-2H3. The molecule has 0 aromatic heterocycles. The highest BCUT2D eigenvalue weighted by molar-refractivity contribution is 5.54. The Morgan fingerprint density at radius 3 is 2.62 bits per heavy atom. The predicted octanol–water partition coefficient (Wildman–Crippen LogP) is 2.90. The van der Waals surface area contributed by atoms with E-state index in [9.17, 15) is 0 Å². The van der Waals surface area contributed by atoms with Crippen LogP contribution in [0.2, 0.25) is 0 Å². The molecule has 0 heterocycles. The van der Waals surface area contributed by atoms with Crippen molar-refractivity contribution in [1.29, 1.82) is 5.26 Å². The highest BCUT2D eigenvalue weighted by Crippen LogP contribution is 2.22. The van der Waals surface area contributed by atoms with Crippen LogP contribution in [0.1, 0.15) is 23.8 Å². The number of nitriles is 1. The SMILES string of the molecule is COC(OC)c1ccccc1C=CCC#N. The van der Waals surface area contributed by atoms with Crippen molar-refractivity contribution in [3.05, 3.63) is 41.5 Å². The lowest BCUT2D eigenvalue weighted by molar-refractivity contribution is -0.106. The zero-order valence-corrected chi connectivity index (χ0v) is 9.51. The first-order valence-electron chi connectivity index (χ1n) is 5.01. The van der Waals surface area contributed by atoms with Gasteiger partial charge < -0.3 is 9.47 Å². The van der Waals surface area contributed by atoms with Crippen LogP contribution in [0.15, 0.2) is 30.3 Å². The van der Waals surface area contributed by atoms with Crippen molar-refractivity contribution >= 4 is 6.08 Å². The fourth-order valence-electron chi connectivity index (χ4n) is 1.47. The molecule has 84 valence electrons. The number of benzene rings is 1. The van der Waals surface area contributed by atoms with Gasteiger partial charge in [-0.2, -0.15) is 5.26 Å². The minimum absolute atomic E-state index is 0.372. The predicted molar refractivity (Wildman–Crippen MR) is 62.5 cm³/mol. The monoisotopic (exact) mass is 217 g/mol. The number of ether oxygens (including phenoxy) is 2. The molecule has 16 heavy (non-hydrogen) atoms. The van der Waals surface area contributed by atoms with Crippen molar-refractivity contribution in [3.63, 3.8) is 0 Å². The second kappa shape index (κ2) is 6.78. The summed E-state index contributed by atoms with van der Waals surface area (Å²) in [5.74, 6) is 0. The molecule has 0 atom stereocenters. The van der Waals surface area contributed by atoms with E-state index >= 15 is 0 Å². The largest absolute Gasteiger partial charge is 0.352 e. The molecular formula is C13H15NO2. The van der Waals surface area contributed by atoms with Gasteiger partial charge in [-0.25, -0.2) is 0 Å². The Morgan fingerprint density at radius 1 is 1.31 bits per heavy atom. The van der Waals surface area contributed by atoms with Crippen molar-refractivity contribution in [2.75, 3.05) is 14.2 Å². The van der Waals surface area contributed by atoms with Crippen LogP contribution in [0.5, 0.6) is 0 Å². The zero-order chi connectivity index (χ0) is 11.8. The van der Waals surface area contributed by atoms with Crippen LogP contribution in [0.3, 0.4) is 0 Å². The molecule has 1 aromatic rings. The number of nitrogens with zero attached hydrogens (tertiary/aromatic N) is 1. The Labute approximate surface area is 95.9 Å². The fraction of sp³-hybridized carbons (Fsp3) is 0.308. The summed E-state index contributed by atoms with van der Waals surface area (Å²) in [6.07, 6.45) is 3.76. The molecule has 1 rings (SSSR count). The van der Waals surface area contributed by atoms with Crippen LogP contribution < -0.4 is 0 Å². The molecule has 0 bridgehead atoms.